The van der Waals surface area contributed by atoms with Crippen molar-refractivity contribution in [3.05, 3.63) is 107 Å². The molecule has 0 fully saturated rings. The van der Waals surface area contributed by atoms with Crippen molar-refractivity contribution in [2.75, 3.05) is 6.54 Å². The number of benzene rings is 3. The zero-order valence-corrected chi connectivity index (χ0v) is 18.3. The smallest absolute Gasteiger partial charge is 0.338 e. The number of ether oxygens (including phenoxy) is 1. The summed E-state index contributed by atoms with van der Waals surface area (Å²) in [5.74, 6) is -0.539. The molecule has 0 spiro atoms. The van der Waals surface area contributed by atoms with Crippen molar-refractivity contribution in [2.45, 2.75) is 25.5 Å². The first-order valence-corrected chi connectivity index (χ1v) is 11.0. The average Bonchev–Trinajstić information content (AvgIpc) is 3.26. The van der Waals surface area contributed by atoms with Crippen LogP contribution in [-0.4, -0.2) is 29.4 Å². The molecular formula is C27H27N3O3. The maximum atomic E-state index is 12.4. The summed E-state index contributed by atoms with van der Waals surface area (Å²) in [5.41, 5.74) is 10.6. The number of aromatic nitrogens is 1. The maximum Gasteiger partial charge on any atom is 0.338 e. The van der Waals surface area contributed by atoms with Gasteiger partial charge < -0.3 is 20.8 Å². The van der Waals surface area contributed by atoms with Crippen molar-refractivity contribution >= 4 is 22.8 Å². The van der Waals surface area contributed by atoms with E-state index in [1.807, 2.05) is 72.9 Å². The summed E-state index contributed by atoms with van der Waals surface area (Å²) in [5, 5.41) is 3.99. The number of fused-ring (bicyclic) bond motifs is 1. The summed E-state index contributed by atoms with van der Waals surface area (Å²) >= 11 is 0. The Bertz CT molecular complexity index is 1220. The van der Waals surface area contributed by atoms with Crippen LogP contribution in [0.2, 0.25) is 0 Å². The molecule has 6 nitrogen and oxygen atoms in total. The van der Waals surface area contributed by atoms with Crippen LogP contribution in [0.1, 0.15) is 27.0 Å². The van der Waals surface area contributed by atoms with Crippen LogP contribution in [0, 0.1) is 0 Å². The zero-order chi connectivity index (χ0) is 23.0. The number of nitrogens with two attached hydrogens (primary N) is 1. The molecule has 0 radical (unpaired) electrons. The second kappa shape index (κ2) is 10.6. The molecule has 1 aromatic heterocycles. The summed E-state index contributed by atoms with van der Waals surface area (Å²) in [4.78, 5) is 27.9. The normalized spacial score (nSPS) is 11.8. The van der Waals surface area contributed by atoms with Gasteiger partial charge in [0.05, 0.1) is 11.6 Å². The van der Waals surface area contributed by atoms with Crippen LogP contribution in [0.15, 0.2) is 85.1 Å². The van der Waals surface area contributed by atoms with E-state index >= 15 is 0 Å². The SMILES string of the molecule is N[C@@H](Cc1c[nH]c2ccccc12)C(=O)NCCc1ccc(C(=O)OCc2ccccc2)cc1. The van der Waals surface area contributed by atoms with Gasteiger partial charge in [-0.1, -0.05) is 60.7 Å². The molecule has 6 heteroatoms. The molecular weight excluding hydrogens is 414 g/mol. The minimum atomic E-state index is -0.619. The molecule has 0 saturated carbocycles. The Morgan fingerprint density at radius 3 is 2.42 bits per heavy atom. The lowest BCUT2D eigenvalue weighted by molar-refractivity contribution is -0.122. The van der Waals surface area contributed by atoms with E-state index in [0.717, 1.165) is 27.6 Å². The molecule has 4 aromatic rings. The van der Waals surface area contributed by atoms with Crippen molar-refractivity contribution in [3.8, 4) is 0 Å². The molecule has 1 heterocycles. The number of esters is 1. The van der Waals surface area contributed by atoms with Crippen molar-refractivity contribution in [2.24, 2.45) is 5.73 Å². The number of carbonyl (C=O) groups excluding carboxylic acids is 2. The van der Waals surface area contributed by atoms with E-state index in [2.05, 4.69) is 10.3 Å². The lowest BCUT2D eigenvalue weighted by Crippen LogP contribution is -2.42. The van der Waals surface area contributed by atoms with Crippen LogP contribution in [-0.2, 0) is 29.0 Å². The minimum Gasteiger partial charge on any atom is -0.457 e. The van der Waals surface area contributed by atoms with Gasteiger partial charge in [0.1, 0.15) is 6.61 Å². The Morgan fingerprint density at radius 1 is 0.909 bits per heavy atom. The average molecular weight is 442 g/mol. The highest BCUT2D eigenvalue weighted by Gasteiger charge is 2.16. The van der Waals surface area contributed by atoms with E-state index in [1.165, 1.54) is 0 Å². The molecule has 3 aromatic carbocycles. The van der Waals surface area contributed by atoms with Gasteiger partial charge >= 0.3 is 5.97 Å². The first-order chi connectivity index (χ1) is 16.1. The van der Waals surface area contributed by atoms with Crippen molar-refractivity contribution in [1.82, 2.24) is 10.3 Å². The van der Waals surface area contributed by atoms with Crippen LogP contribution in [0.25, 0.3) is 10.9 Å². The van der Waals surface area contributed by atoms with Gasteiger partial charge in [-0.3, -0.25) is 4.79 Å². The Morgan fingerprint density at radius 2 is 1.64 bits per heavy atom. The maximum absolute atomic E-state index is 12.4. The molecule has 4 N–H and O–H groups in total. The van der Waals surface area contributed by atoms with Gasteiger partial charge in [0.15, 0.2) is 0 Å². The molecule has 1 atom stereocenters. The summed E-state index contributed by atoms with van der Waals surface area (Å²) in [6, 6.07) is 24.1. The Labute approximate surface area is 192 Å². The Hall–Kier alpha value is -3.90. The highest BCUT2D eigenvalue weighted by atomic mass is 16.5. The summed E-state index contributed by atoms with van der Waals surface area (Å²) in [6.07, 6.45) is 3.02. The minimum absolute atomic E-state index is 0.179. The van der Waals surface area contributed by atoms with Gasteiger partial charge in [-0.15, -0.1) is 0 Å². The molecule has 0 aliphatic heterocycles. The summed E-state index contributed by atoms with van der Waals surface area (Å²) < 4.78 is 5.35. The number of para-hydroxylation sites is 1. The number of nitrogens with one attached hydrogen (secondary N) is 2. The van der Waals surface area contributed by atoms with Gasteiger partial charge in [0.25, 0.3) is 0 Å². The number of hydrogen-bond acceptors (Lipinski definition) is 4. The molecule has 33 heavy (non-hydrogen) atoms. The fraction of sp³-hybridized carbons (Fsp3) is 0.185. The van der Waals surface area contributed by atoms with Crippen LogP contribution < -0.4 is 11.1 Å². The molecule has 0 aliphatic carbocycles. The second-order valence-electron chi connectivity index (χ2n) is 7.97. The van der Waals surface area contributed by atoms with Gasteiger partial charge in [0.2, 0.25) is 5.91 Å². The van der Waals surface area contributed by atoms with E-state index < -0.39 is 6.04 Å². The van der Waals surface area contributed by atoms with Crippen molar-refractivity contribution < 1.29 is 14.3 Å². The van der Waals surface area contributed by atoms with E-state index in [-0.39, 0.29) is 18.5 Å². The third-order valence-corrected chi connectivity index (χ3v) is 5.57. The Kier molecular flexibility index (Phi) is 7.17. The number of H-pyrrole nitrogens is 1. The van der Waals surface area contributed by atoms with Crippen LogP contribution in [0.5, 0.6) is 0 Å². The van der Waals surface area contributed by atoms with Crippen LogP contribution >= 0.6 is 0 Å². The van der Waals surface area contributed by atoms with Crippen molar-refractivity contribution in [3.63, 3.8) is 0 Å². The number of rotatable bonds is 9. The van der Waals surface area contributed by atoms with Crippen molar-refractivity contribution in [1.29, 1.82) is 0 Å². The highest BCUT2D eigenvalue weighted by molar-refractivity contribution is 5.89. The van der Waals surface area contributed by atoms with E-state index in [1.54, 1.807) is 12.1 Å². The monoisotopic (exact) mass is 441 g/mol. The fourth-order valence-corrected chi connectivity index (χ4v) is 3.71. The quantitative estimate of drug-likeness (QED) is 0.345. The lowest BCUT2D eigenvalue weighted by atomic mass is 10.0. The van der Waals surface area contributed by atoms with E-state index in [9.17, 15) is 9.59 Å². The number of amides is 1. The molecule has 0 saturated heterocycles. The first kappa shape index (κ1) is 22.3. The molecule has 0 unspecified atom stereocenters. The summed E-state index contributed by atoms with van der Waals surface area (Å²) in [6.45, 7) is 0.713. The third-order valence-electron chi connectivity index (χ3n) is 5.57. The molecule has 0 aliphatic rings. The highest BCUT2D eigenvalue weighted by Crippen LogP contribution is 2.18. The van der Waals surface area contributed by atoms with E-state index in [0.29, 0.717) is 24.9 Å². The molecule has 168 valence electrons. The molecule has 1 amide bonds. The van der Waals surface area contributed by atoms with Crippen LogP contribution in [0.3, 0.4) is 0 Å². The first-order valence-electron chi connectivity index (χ1n) is 11.0. The molecule has 4 rings (SSSR count). The number of hydrogen-bond donors (Lipinski definition) is 3. The largest absolute Gasteiger partial charge is 0.457 e. The number of aromatic amines is 1. The van der Waals surface area contributed by atoms with Gasteiger partial charge in [-0.05, 0) is 47.7 Å². The van der Waals surface area contributed by atoms with Crippen LogP contribution in [0.4, 0.5) is 0 Å². The second-order valence-corrected chi connectivity index (χ2v) is 7.97. The Balaban J connectivity index is 1.22. The van der Waals surface area contributed by atoms with Gasteiger partial charge in [0, 0.05) is 23.6 Å². The van der Waals surface area contributed by atoms with E-state index in [4.69, 9.17) is 10.5 Å². The summed E-state index contributed by atoms with van der Waals surface area (Å²) in [7, 11) is 0. The zero-order valence-electron chi connectivity index (χ0n) is 18.3. The predicted octanol–water partition coefficient (Wildman–Crippen LogP) is 3.75. The fourth-order valence-electron chi connectivity index (χ4n) is 3.71. The number of carbonyl (C=O) groups is 2. The third kappa shape index (κ3) is 5.87. The van der Waals surface area contributed by atoms with Gasteiger partial charge in [-0.25, -0.2) is 4.79 Å². The lowest BCUT2D eigenvalue weighted by Gasteiger charge is -2.12. The molecule has 0 bridgehead atoms. The van der Waals surface area contributed by atoms with Gasteiger partial charge in [-0.2, -0.15) is 0 Å². The topological polar surface area (TPSA) is 97.2 Å². The predicted molar refractivity (Wildman–Crippen MR) is 129 cm³/mol. The standard InChI is InChI=1S/C27H27N3O3/c28-24(16-22-17-30-25-9-5-4-8-23(22)25)26(31)29-15-14-19-10-12-21(13-11-19)27(32)33-18-20-6-2-1-3-7-20/h1-13,17,24,30H,14-16,18,28H2,(H,29,31)/t24-/m0/s1.